The smallest absolute Gasteiger partial charge is 0.105 e. The van der Waals surface area contributed by atoms with Gasteiger partial charge in [0.2, 0.25) is 0 Å². The van der Waals surface area contributed by atoms with Crippen LogP contribution in [0.3, 0.4) is 0 Å². The molecule has 0 saturated heterocycles. The number of rotatable bonds is 5. The van der Waals surface area contributed by atoms with Gasteiger partial charge >= 0.3 is 0 Å². The van der Waals surface area contributed by atoms with Crippen molar-refractivity contribution >= 4 is 0 Å². The standard InChI is InChI=1S/C10H22FN/c1-8(2)9(7-12-5)6-10(3,4)11/h8-9,12H,6-7H2,1-5H3. The summed E-state index contributed by atoms with van der Waals surface area (Å²) in [4.78, 5) is 0. The van der Waals surface area contributed by atoms with Crippen molar-refractivity contribution in [3.05, 3.63) is 0 Å². The lowest BCUT2D eigenvalue weighted by Crippen LogP contribution is -2.29. The van der Waals surface area contributed by atoms with Crippen molar-refractivity contribution in [3.63, 3.8) is 0 Å². The first-order chi connectivity index (χ1) is 5.37. The lowest BCUT2D eigenvalue weighted by molar-refractivity contribution is 0.148. The van der Waals surface area contributed by atoms with Gasteiger partial charge in [0.25, 0.3) is 0 Å². The van der Waals surface area contributed by atoms with Gasteiger partial charge in [-0.25, -0.2) is 4.39 Å². The first kappa shape index (κ1) is 11.9. The second-order valence-electron chi connectivity index (χ2n) is 4.48. The fourth-order valence-electron chi connectivity index (χ4n) is 1.43. The maximum atomic E-state index is 13.3. The van der Waals surface area contributed by atoms with Crippen molar-refractivity contribution in [2.75, 3.05) is 13.6 Å². The third-order valence-corrected chi connectivity index (χ3v) is 2.16. The van der Waals surface area contributed by atoms with Gasteiger partial charge in [-0.2, -0.15) is 0 Å². The maximum Gasteiger partial charge on any atom is 0.105 e. The van der Waals surface area contributed by atoms with Gasteiger partial charge in [0.05, 0.1) is 0 Å². The number of hydrogen-bond acceptors (Lipinski definition) is 1. The van der Waals surface area contributed by atoms with Crippen LogP contribution in [0.2, 0.25) is 0 Å². The van der Waals surface area contributed by atoms with Crippen LogP contribution in [-0.4, -0.2) is 19.3 Å². The van der Waals surface area contributed by atoms with Gasteiger partial charge in [-0.3, -0.25) is 0 Å². The van der Waals surface area contributed by atoms with Crippen LogP contribution in [0.5, 0.6) is 0 Å². The summed E-state index contributed by atoms with van der Waals surface area (Å²) in [6.07, 6.45) is 0.644. The molecule has 0 aliphatic carbocycles. The van der Waals surface area contributed by atoms with Gasteiger partial charge < -0.3 is 5.32 Å². The Bertz CT molecular complexity index is 115. The summed E-state index contributed by atoms with van der Waals surface area (Å²) in [5.74, 6) is 0.988. The molecule has 0 aliphatic rings. The number of alkyl halides is 1. The van der Waals surface area contributed by atoms with Crippen LogP contribution in [-0.2, 0) is 0 Å². The van der Waals surface area contributed by atoms with Crippen molar-refractivity contribution in [1.82, 2.24) is 5.32 Å². The second kappa shape index (κ2) is 4.80. The number of halogens is 1. The Hall–Kier alpha value is -0.110. The Morgan fingerprint density at radius 1 is 1.33 bits per heavy atom. The Labute approximate surface area is 75.7 Å². The molecule has 1 nitrogen and oxygen atoms in total. The molecule has 0 aromatic heterocycles. The zero-order chi connectivity index (χ0) is 9.78. The minimum absolute atomic E-state index is 0.440. The van der Waals surface area contributed by atoms with Crippen molar-refractivity contribution in [2.45, 2.75) is 39.8 Å². The Morgan fingerprint density at radius 3 is 2.08 bits per heavy atom. The van der Waals surface area contributed by atoms with E-state index in [2.05, 4.69) is 19.2 Å². The van der Waals surface area contributed by atoms with Crippen LogP contribution in [0.1, 0.15) is 34.1 Å². The highest BCUT2D eigenvalue weighted by Crippen LogP contribution is 2.24. The monoisotopic (exact) mass is 175 g/mol. The van der Waals surface area contributed by atoms with Crippen LogP contribution >= 0.6 is 0 Å². The van der Waals surface area contributed by atoms with Gasteiger partial charge in [-0.1, -0.05) is 13.8 Å². The summed E-state index contributed by atoms with van der Waals surface area (Å²) in [7, 11) is 1.92. The Morgan fingerprint density at radius 2 is 1.83 bits per heavy atom. The fourth-order valence-corrected chi connectivity index (χ4v) is 1.43. The lowest BCUT2D eigenvalue weighted by Gasteiger charge is -2.25. The molecule has 0 spiro atoms. The van der Waals surface area contributed by atoms with E-state index in [4.69, 9.17) is 0 Å². The van der Waals surface area contributed by atoms with Crippen LogP contribution < -0.4 is 5.32 Å². The molecule has 0 aliphatic heterocycles. The first-order valence-electron chi connectivity index (χ1n) is 4.70. The van der Waals surface area contributed by atoms with Crippen LogP contribution in [0, 0.1) is 11.8 Å². The summed E-state index contributed by atoms with van der Waals surface area (Å²) < 4.78 is 13.3. The summed E-state index contributed by atoms with van der Waals surface area (Å²) in [6.45, 7) is 8.50. The first-order valence-corrected chi connectivity index (χ1v) is 4.70. The highest BCUT2D eigenvalue weighted by molar-refractivity contribution is 4.75. The van der Waals surface area contributed by atoms with Gasteiger partial charge in [0.1, 0.15) is 5.67 Å². The van der Waals surface area contributed by atoms with E-state index in [1.807, 2.05) is 7.05 Å². The van der Waals surface area contributed by atoms with Gasteiger partial charge in [-0.15, -0.1) is 0 Å². The molecule has 2 heteroatoms. The molecule has 1 unspecified atom stereocenters. The van der Waals surface area contributed by atoms with Crippen molar-refractivity contribution in [1.29, 1.82) is 0 Å². The molecule has 74 valence electrons. The van der Waals surface area contributed by atoms with E-state index in [0.717, 1.165) is 6.54 Å². The van der Waals surface area contributed by atoms with Gasteiger partial charge in [0, 0.05) is 0 Å². The van der Waals surface area contributed by atoms with Crippen LogP contribution in [0.4, 0.5) is 4.39 Å². The van der Waals surface area contributed by atoms with E-state index in [9.17, 15) is 4.39 Å². The molecule has 0 bridgehead atoms. The van der Waals surface area contributed by atoms with E-state index >= 15 is 0 Å². The summed E-state index contributed by atoms with van der Waals surface area (Å²) >= 11 is 0. The number of hydrogen-bond donors (Lipinski definition) is 1. The van der Waals surface area contributed by atoms with Crippen molar-refractivity contribution < 1.29 is 4.39 Å². The molecule has 0 saturated carbocycles. The Balaban J connectivity index is 3.95. The van der Waals surface area contributed by atoms with Gasteiger partial charge in [-0.05, 0) is 45.7 Å². The minimum Gasteiger partial charge on any atom is -0.319 e. The quantitative estimate of drug-likeness (QED) is 0.677. The molecular weight excluding hydrogens is 153 g/mol. The maximum absolute atomic E-state index is 13.3. The molecule has 1 atom stereocenters. The molecular formula is C10H22FN. The highest BCUT2D eigenvalue weighted by atomic mass is 19.1. The van der Waals surface area contributed by atoms with E-state index in [-0.39, 0.29) is 0 Å². The van der Waals surface area contributed by atoms with E-state index in [0.29, 0.717) is 18.3 Å². The number of nitrogens with one attached hydrogen (secondary N) is 1. The average molecular weight is 175 g/mol. The average Bonchev–Trinajstić information content (AvgIpc) is 1.83. The zero-order valence-corrected chi connectivity index (χ0v) is 8.95. The summed E-state index contributed by atoms with van der Waals surface area (Å²) in [5.41, 5.74) is -1.04. The summed E-state index contributed by atoms with van der Waals surface area (Å²) in [6, 6.07) is 0. The zero-order valence-electron chi connectivity index (χ0n) is 8.95. The highest BCUT2D eigenvalue weighted by Gasteiger charge is 2.23. The molecule has 0 rings (SSSR count). The second-order valence-corrected chi connectivity index (χ2v) is 4.48. The Kier molecular flexibility index (Phi) is 4.76. The predicted molar refractivity (Wildman–Crippen MR) is 52.1 cm³/mol. The molecule has 0 fully saturated rings. The molecule has 0 aromatic rings. The van der Waals surface area contributed by atoms with E-state index in [1.165, 1.54) is 0 Å². The molecule has 1 N–H and O–H groups in total. The molecule has 12 heavy (non-hydrogen) atoms. The predicted octanol–water partition coefficient (Wildman–Crippen LogP) is 2.62. The SMILES string of the molecule is CNCC(CC(C)(C)F)C(C)C. The third kappa shape index (κ3) is 5.53. The largest absolute Gasteiger partial charge is 0.319 e. The molecule has 0 radical (unpaired) electrons. The van der Waals surface area contributed by atoms with Gasteiger partial charge in [0.15, 0.2) is 0 Å². The molecule has 0 heterocycles. The fraction of sp³-hybridized carbons (Fsp3) is 1.00. The summed E-state index contributed by atoms with van der Waals surface area (Å²) in [5, 5.41) is 3.11. The minimum atomic E-state index is -1.04. The van der Waals surface area contributed by atoms with Crippen LogP contribution in [0.25, 0.3) is 0 Å². The normalized spacial score (nSPS) is 15.2. The molecule has 0 amide bonds. The van der Waals surface area contributed by atoms with Crippen molar-refractivity contribution in [2.24, 2.45) is 11.8 Å². The lowest BCUT2D eigenvalue weighted by atomic mass is 9.86. The third-order valence-electron chi connectivity index (χ3n) is 2.16. The van der Waals surface area contributed by atoms with E-state index < -0.39 is 5.67 Å². The van der Waals surface area contributed by atoms with Crippen LogP contribution in [0.15, 0.2) is 0 Å². The van der Waals surface area contributed by atoms with Crippen molar-refractivity contribution in [3.8, 4) is 0 Å². The topological polar surface area (TPSA) is 12.0 Å². The van der Waals surface area contributed by atoms with E-state index in [1.54, 1.807) is 13.8 Å². The molecule has 0 aromatic carbocycles.